The lowest BCUT2D eigenvalue weighted by molar-refractivity contribution is -0.136. The molecule has 0 saturated carbocycles. The van der Waals surface area contributed by atoms with Crippen molar-refractivity contribution in [2.24, 2.45) is 0 Å². The number of H-pyrrole nitrogens is 1. The molecule has 0 aliphatic carbocycles. The molecule has 0 fully saturated rings. The standard InChI is InChI=1S/C16H25N5O6/c1-16(2,3)27-15(26)19-8-9-21(11-4-6-18-14(25)20-11)10-12(22)17-7-5-13(23)24/h4,6H,5,7-10H2,1-3H3,(H,17,22)(H,19,26)(H,23,24)(H,18,20,25). The van der Waals surface area contributed by atoms with Gasteiger partial charge in [-0.3, -0.25) is 9.59 Å². The van der Waals surface area contributed by atoms with Crippen molar-refractivity contribution in [1.82, 2.24) is 20.6 Å². The minimum Gasteiger partial charge on any atom is -0.481 e. The summed E-state index contributed by atoms with van der Waals surface area (Å²) < 4.78 is 5.13. The number of aromatic nitrogens is 2. The monoisotopic (exact) mass is 383 g/mol. The molecule has 27 heavy (non-hydrogen) atoms. The second-order valence-corrected chi connectivity index (χ2v) is 6.60. The van der Waals surface area contributed by atoms with Gasteiger partial charge in [-0.2, -0.15) is 4.98 Å². The van der Waals surface area contributed by atoms with Crippen molar-refractivity contribution < 1.29 is 24.2 Å². The number of carboxylic acids is 1. The Morgan fingerprint density at radius 3 is 2.56 bits per heavy atom. The van der Waals surface area contributed by atoms with Gasteiger partial charge in [-0.1, -0.05) is 0 Å². The predicted molar refractivity (Wildman–Crippen MR) is 96.6 cm³/mol. The van der Waals surface area contributed by atoms with Crippen LogP contribution in [0.15, 0.2) is 17.1 Å². The number of anilines is 1. The lowest BCUT2D eigenvalue weighted by Crippen LogP contribution is -2.43. The normalized spacial score (nSPS) is 10.8. The first kappa shape index (κ1) is 21.9. The fourth-order valence-electron chi connectivity index (χ4n) is 1.96. The Morgan fingerprint density at radius 2 is 1.96 bits per heavy atom. The number of hydrogen-bond donors (Lipinski definition) is 4. The van der Waals surface area contributed by atoms with E-state index in [0.29, 0.717) is 0 Å². The third-order valence-corrected chi connectivity index (χ3v) is 3.02. The molecule has 0 aliphatic rings. The van der Waals surface area contributed by atoms with Gasteiger partial charge in [0.1, 0.15) is 11.4 Å². The summed E-state index contributed by atoms with van der Waals surface area (Å²) in [4.78, 5) is 53.3. The molecular weight excluding hydrogens is 358 g/mol. The van der Waals surface area contributed by atoms with Crippen LogP contribution in [0.5, 0.6) is 0 Å². The first-order chi connectivity index (χ1) is 12.6. The fourth-order valence-corrected chi connectivity index (χ4v) is 1.96. The number of nitrogens with zero attached hydrogens (tertiary/aromatic N) is 2. The van der Waals surface area contributed by atoms with Gasteiger partial charge < -0.3 is 30.4 Å². The van der Waals surface area contributed by atoms with E-state index in [1.165, 1.54) is 17.2 Å². The molecule has 1 heterocycles. The molecule has 1 aromatic heterocycles. The van der Waals surface area contributed by atoms with Gasteiger partial charge in [0.05, 0.1) is 13.0 Å². The van der Waals surface area contributed by atoms with E-state index >= 15 is 0 Å². The third-order valence-electron chi connectivity index (χ3n) is 3.02. The Bertz CT molecular complexity index is 712. The highest BCUT2D eigenvalue weighted by molar-refractivity contribution is 5.81. The topological polar surface area (TPSA) is 154 Å². The smallest absolute Gasteiger partial charge is 0.407 e. The molecule has 1 rings (SSSR count). The van der Waals surface area contributed by atoms with Gasteiger partial charge in [0.15, 0.2) is 0 Å². The summed E-state index contributed by atoms with van der Waals surface area (Å²) >= 11 is 0. The van der Waals surface area contributed by atoms with Crippen LogP contribution in [0.3, 0.4) is 0 Å². The molecule has 0 atom stereocenters. The number of rotatable bonds is 9. The van der Waals surface area contributed by atoms with Crippen LogP contribution in [0.2, 0.25) is 0 Å². The quantitative estimate of drug-likeness (QED) is 0.453. The minimum absolute atomic E-state index is 0.0129. The predicted octanol–water partition coefficient (Wildman–Crippen LogP) is -0.308. The number of carbonyl (C=O) groups excluding carboxylic acids is 2. The highest BCUT2D eigenvalue weighted by Crippen LogP contribution is 2.07. The Labute approximate surface area is 156 Å². The van der Waals surface area contributed by atoms with Crippen LogP contribution in [0.25, 0.3) is 0 Å². The Balaban J connectivity index is 2.66. The van der Waals surface area contributed by atoms with E-state index in [2.05, 4.69) is 20.6 Å². The molecule has 2 amide bonds. The van der Waals surface area contributed by atoms with Crippen molar-refractivity contribution in [2.45, 2.75) is 32.8 Å². The van der Waals surface area contributed by atoms with Crippen molar-refractivity contribution in [1.29, 1.82) is 0 Å². The average Bonchev–Trinajstić information content (AvgIpc) is 2.51. The highest BCUT2D eigenvalue weighted by Gasteiger charge is 2.17. The fraction of sp³-hybridized carbons (Fsp3) is 0.562. The zero-order chi connectivity index (χ0) is 20.4. The molecule has 0 spiro atoms. The number of hydrogen-bond acceptors (Lipinski definition) is 7. The van der Waals surface area contributed by atoms with Crippen LogP contribution in [0.4, 0.5) is 10.6 Å². The lowest BCUT2D eigenvalue weighted by atomic mass is 10.2. The molecule has 0 bridgehead atoms. The molecule has 0 aromatic carbocycles. The van der Waals surface area contributed by atoms with E-state index in [-0.39, 0.29) is 38.4 Å². The zero-order valence-electron chi connectivity index (χ0n) is 15.6. The molecule has 1 aromatic rings. The first-order valence-corrected chi connectivity index (χ1v) is 8.33. The average molecular weight is 383 g/mol. The van der Waals surface area contributed by atoms with Crippen LogP contribution in [0.1, 0.15) is 27.2 Å². The number of ether oxygens (including phenoxy) is 1. The number of carboxylic acid groups (broad SMARTS) is 1. The van der Waals surface area contributed by atoms with E-state index in [4.69, 9.17) is 9.84 Å². The Hall–Kier alpha value is -3.11. The van der Waals surface area contributed by atoms with Crippen molar-refractivity contribution in [3.05, 3.63) is 22.7 Å². The number of amides is 2. The van der Waals surface area contributed by atoms with Crippen LogP contribution < -0.4 is 21.2 Å². The van der Waals surface area contributed by atoms with Crippen molar-refractivity contribution >= 4 is 23.8 Å². The van der Waals surface area contributed by atoms with E-state index in [1.807, 2.05) is 0 Å². The summed E-state index contributed by atoms with van der Waals surface area (Å²) in [5.41, 5.74) is -1.22. The summed E-state index contributed by atoms with van der Waals surface area (Å²) in [6, 6.07) is 1.51. The van der Waals surface area contributed by atoms with Crippen LogP contribution in [-0.4, -0.2) is 64.8 Å². The summed E-state index contributed by atoms with van der Waals surface area (Å²) in [5.74, 6) is -1.21. The number of aliphatic carboxylic acids is 1. The number of carbonyl (C=O) groups is 3. The van der Waals surface area contributed by atoms with Gasteiger partial charge >= 0.3 is 17.8 Å². The summed E-state index contributed by atoms with van der Waals surface area (Å²) in [6.45, 7) is 5.36. The maximum absolute atomic E-state index is 12.0. The van der Waals surface area contributed by atoms with Gasteiger partial charge in [0, 0.05) is 25.8 Å². The molecule has 0 aliphatic heterocycles. The maximum Gasteiger partial charge on any atom is 0.407 e. The molecular formula is C16H25N5O6. The lowest BCUT2D eigenvalue weighted by Gasteiger charge is -2.24. The summed E-state index contributed by atoms with van der Waals surface area (Å²) in [7, 11) is 0. The van der Waals surface area contributed by atoms with Crippen LogP contribution in [0, 0.1) is 0 Å². The molecule has 11 heteroatoms. The minimum atomic E-state index is -1.02. The van der Waals surface area contributed by atoms with Gasteiger partial charge in [0.25, 0.3) is 0 Å². The third kappa shape index (κ3) is 9.82. The van der Waals surface area contributed by atoms with Crippen molar-refractivity contribution in [2.75, 3.05) is 31.1 Å². The van der Waals surface area contributed by atoms with Gasteiger partial charge in [-0.25, -0.2) is 9.59 Å². The molecule has 4 N–H and O–H groups in total. The van der Waals surface area contributed by atoms with E-state index in [9.17, 15) is 19.2 Å². The summed E-state index contributed by atoms with van der Waals surface area (Å²) in [5, 5.41) is 13.6. The van der Waals surface area contributed by atoms with E-state index < -0.39 is 29.3 Å². The number of nitrogens with one attached hydrogen (secondary N) is 3. The molecule has 0 radical (unpaired) electrons. The number of alkyl carbamates (subject to hydrolysis) is 1. The summed E-state index contributed by atoms with van der Waals surface area (Å²) in [6.07, 6.45) is 0.587. The first-order valence-electron chi connectivity index (χ1n) is 8.33. The second kappa shape index (κ2) is 10.1. The van der Waals surface area contributed by atoms with Gasteiger partial charge in [-0.15, -0.1) is 0 Å². The highest BCUT2D eigenvalue weighted by atomic mass is 16.6. The Morgan fingerprint density at radius 1 is 1.26 bits per heavy atom. The molecule has 150 valence electrons. The zero-order valence-corrected chi connectivity index (χ0v) is 15.6. The van der Waals surface area contributed by atoms with Crippen molar-refractivity contribution in [3.8, 4) is 0 Å². The Kier molecular flexibility index (Phi) is 8.24. The molecule has 0 saturated heterocycles. The maximum atomic E-state index is 12.0. The number of aromatic amines is 1. The van der Waals surface area contributed by atoms with Gasteiger partial charge in [0.2, 0.25) is 5.91 Å². The molecule has 0 unspecified atom stereocenters. The van der Waals surface area contributed by atoms with E-state index in [0.717, 1.165) is 0 Å². The second-order valence-electron chi connectivity index (χ2n) is 6.60. The van der Waals surface area contributed by atoms with Crippen LogP contribution in [-0.2, 0) is 14.3 Å². The SMILES string of the molecule is CC(C)(C)OC(=O)NCCN(CC(=O)NCCC(=O)O)c1cc[nH]c(=O)n1. The largest absolute Gasteiger partial charge is 0.481 e. The van der Waals surface area contributed by atoms with E-state index in [1.54, 1.807) is 20.8 Å². The molecule has 11 nitrogen and oxygen atoms in total. The van der Waals surface area contributed by atoms with Crippen molar-refractivity contribution in [3.63, 3.8) is 0 Å². The van der Waals surface area contributed by atoms with Crippen LogP contribution >= 0.6 is 0 Å². The van der Waals surface area contributed by atoms with Gasteiger partial charge in [-0.05, 0) is 26.8 Å².